The van der Waals surface area contributed by atoms with Crippen LogP contribution in [0.1, 0.15) is 37.0 Å². The highest BCUT2D eigenvalue weighted by Gasteiger charge is 2.25. The minimum absolute atomic E-state index is 0.0535. The van der Waals surface area contributed by atoms with E-state index >= 15 is 0 Å². The van der Waals surface area contributed by atoms with Crippen LogP contribution in [0.15, 0.2) is 18.2 Å². The fourth-order valence-corrected chi connectivity index (χ4v) is 2.82. The summed E-state index contributed by atoms with van der Waals surface area (Å²) in [7, 11) is 1.58. The zero-order valence-electron chi connectivity index (χ0n) is 12.6. The predicted octanol–water partition coefficient (Wildman–Crippen LogP) is 2.79. The summed E-state index contributed by atoms with van der Waals surface area (Å²) in [4.78, 5) is 14.4. The first-order valence-electron chi connectivity index (χ1n) is 7.25. The molecule has 0 atom stereocenters. The Morgan fingerprint density at radius 1 is 1.30 bits per heavy atom. The molecule has 110 valence electrons. The van der Waals surface area contributed by atoms with Crippen molar-refractivity contribution in [1.29, 1.82) is 0 Å². The van der Waals surface area contributed by atoms with Crippen molar-refractivity contribution in [3.05, 3.63) is 23.8 Å². The first kappa shape index (κ1) is 14.7. The summed E-state index contributed by atoms with van der Waals surface area (Å²) in [5.41, 5.74) is 6.99. The van der Waals surface area contributed by atoms with Crippen molar-refractivity contribution in [1.82, 2.24) is 4.90 Å². The third-order valence-corrected chi connectivity index (χ3v) is 4.18. The zero-order chi connectivity index (χ0) is 14.7. The normalized spacial score (nSPS) is 16.5. The summed E-state index contributed by atoms with van der Waals surface area (Å²) < 4.78 is 5.17. The van der Waals surface area contributed by atoms with Crippen molar-refractivity contribution < 1.29 is 9.53 Å². The standard InChI is InChI=1S/C16H24N2O2/c1-11(2)12-4-6-18(7-5-12)16(19)13-8-14(17)10-15(9-13)20-3/h8-12H,4-7,17H2,1-3H3. The molecule has 0 bridgehead atoms. The molecule has 0 aliphatic carbocycles. The molecule has 1 saturated heterocycles. The SMILES string of the molecule is COc1cc(N)cc(C(=O)N2CCC(C(C)C)CC2)c1. The molecule has 0 saturated carbocycles. The van der Waals surface area contributed by atoms with Gasteiger partial charge in [-0.05, 0) is 36.8 Å². The summed E-state index contributed by atoms with van der Waals surface area (Å²) in [5.74, 6) is 2.11. The minimum Gasteiger partial charge on any atom is -0.497 e. The van der Waals surface area contributed by atoms with E-state index in [0.29, 0.717) is 22.9 Å². The van der Waals surface area contributed by atoms with Crippen LogP contribution in [-0.2, 0) is 0 Å². The van der Waals surface area contributed by atoms with Crippen LogP contribution < -0.4 is 10.5 Å². The number of hydrogen-bond donors (Lipinski definition) is 1. The molecule has 1 aliphatic heterocycles. The lowest BCUT2D eigenvalue weighted by molar-refractivity contribution is 0.0667. The average Bonchev–Trinajstić information content (AvgIpc) is 2.45. The molecule has 20 heavy (non-hydrogen) atoms. The van der Waals surface area contributed by atoms with Crippen molar-refractivity contribution >= 4 is 11.6 Å². The van der Waals surface area contributed by atoms with E-state index in [1.54, 1.807) is 25.3 Å². The molecule has 1 aromatic rings. The molecule has 1 amide bonds. The van der Waals surface area contributed by atoms with Crippen molar-refractivity contribution in [2.24, 2.45) is 11.8 Å². The number of piperidine rings is 1. The van der Waals surface area contributed by atoms with Crippen LogP contribution in [0.4, 0.5) is 5.69 Å². The summed E-state index contributed by atoms with van der Waals surface area (Å²) in [5, 5.41) is 0. The largest absolute Gasteiger partial charge is 0.497 e. The topological polar surface area (TPSA) is 55.6 Å². The molecule has 0 aromatic heterocycles. The Kier molecular flexibility index (Phi) is 4.53. The van der Waals surface area contributed by atoms with Gasteiger partial charge in [0.1, 0.15) is 5.75 Å². The highest BCUT2D eigenvalue weighted by Crippen LogP contribution is 2.26. The molecule has 2 rings (SSSR count). The number of benzene rings is 1. The van der Waals surface area contributed by atoms with E-state index in [-0.39, 0.29) is 5.91 Å². The molecule has 1 aromatic carbocycles. The van der Waals surface area contributed by atoms with E-state index in [1.807, 2.05) is 4.90 Å². The van der Waals surface area contributed by atoms with Gasteiger partial charge in [-0.1, -0.05) is 13.8 Å². The molecule has 4 nitrogen and oxygen atoms in total. The van der Waals surface area contributed by atoms with Gasteiger partial charge in [0, 0.05) is 30.4 Å². The Morgan fingerprint density at radius 2 is 1.95 bits per heavy atom. The number of ether oxygens (including phenoxy) is 1. The van der Waals surface area contributed by atoms with Crippen LogP contribution in [0.3, 0.4) is 0 Å². The highest BCUT2D eigenvalue weighted by molar-refractivity contribution is 5.95. The lowest BCUT2D eigenvalue weighted by Crippen LogP contribution is -2.39. The number of nitrogens with zero attached hydrogens (tertiary/aromatic N) is 1. The maximum Gasteiger partial charge on any atom is 0.254 e. The van der Waals surface area contributed by atoms with Gasteiger partial charge >= 0.3 is 0 Å². The second kappa shape index (κ2) is 6.16. The van der Waals surface area contributed by atoms with E-state index < -0.39 is 0 Å². The number of carbonyl (C=O) groups excluding carboxylic acids is 1. The Balaban J connectivity index is 2.07. The quantitative estimate of drug-likeness (QED) is 0.864. The molecule has 1 heterocycles. The number of hydrogen-bond acceptors (Lipinski definition) is 3. The van der Waals surface area contributed by atoms with Gasteiger partial charge in [-0.3, -0.25) is 4.79 Å². The van der Waals surface area contributed by atoms with Crippen molar-refractivity contribution in [3.63, 3.8) is 0 Å². The number of carbonyl (C=O) groups is 1. The van der Waals surface area contributed by atoms with Crippen LogP contribution in [0.2, 0.25) is 0 Å². The lowest BCUT2D eigenvalue weighted by atomic mass is 9.86. The maximum absolute atomic E-state index is 12.5. The molecule has 0 radical (unpaired) electrons. The fourth-order valence-electron chi connectivity index (χ4n) is 2.82. The van der Waals surface area contributed by atoms with Gasteiger partial charge in [0.05, 0.1) is 7.11 Å². The van der Waals surface area contributed by atoms with E-state index in [9.17, 15) is 4.79 Å². The molecule has 0 unspecified atom stereocenters. The second-order valence-corrected chi connectivity index (χ2v) is 5.87. The van der Waals surface area contributed by atoms with E-state index in [1.165, 1.54) is 0 Å². The summed E-state index contributed by atoms with van der Waals surface area (Å²) in [6.45, 7) is 6.17. The molecule has 2 N–H and O–H groups in total. The van der Waals surface area contributed by atoms with Gasteiger partial charge < -0.3 is 15.4 Å². The van der Waals surface area contributed by atoms with Crippen molar-refractivity contribution in [3.8, 4) is 5.75 Å². The van der Waals surface area contributed by atoms with Gasteiger partial charge in [0.25, 0.3) is 5.91 Å². The molecule has 1 fully saturated rings. The van der Waals surface area contributed by atoms with Gasteiger partial charge in [0.2, 0.25) is 0 Å². The first-order valence-corrected chi connectivity index (χ1v) is 7.25. The monoisotopic (exact) mass is 276 g/mol. The van der Waals surface area contributed by atoms with Gasteiger partial charge in [0.15, 0.2) is 0 Å². The number of methoxy groups -OCH3 is 1. The van der Waals surface area contributed by atoms with Crippen LogP contribution in [0.5, 0.6) is 5.75 Å². The molecule has 0 spiro atoms. The van der Waals surface area contributed by atoms with Crippen LogP contribution in [0, 0.1) is 11.8 Å². The fraction of sp³-hybridized carbons (Fsp3) is 0.562. The number of amides is 1. The Morgan fingerprint density at radius 3 is 2.50 bits per heavy atom. The van der Waals surface area contributed by atoms with Gasteiger partial charge in [-0.2, -0.15) is 0 Å². The van der Waals surface area contributed by atoms with Crippen LogP contribution in [-0.4, -0.2) is 31.0 Å². The number of nitrogen functional groups attached to an aromatic ring is 1. The molecular formula is C16H24N2O2. The molecular weight excluding hydrogens is 252 g/mol. The van der Waals surface area contributed by atoms with E-state index in [2.05, 4.69) is 13.8 Å². The van der Waals surface area contributed by atoms with Crippen LogP contribution >= 0.6 is 0 Å². The van der Waals surface area contributed by atoms with Crippen molar-refractivity contribution in [2.45, 2.75) is 26.7 Å². The number of nitrogens with two attached hydrogens (primary N) is 1. The lowest BCUT2D eigenvalue weighted by Gasteiger charge is -2.34. The molecule has 4 heteroatoms. The highest BCUT2D eigenvalue weighted by atomic mass is 16.5. The maximum atomic E-state index is 12.5. The zero-order valence-corrected chi connectivity index (χ0v) is 12.6. The second-order valence-electron chi connectivity index (χ2n) is 5.87. The summed E-state index contributed by atoms with van der Waals surface area (Å²) >= 11 is 0. The predicted molar refractivity (Wildman–Crippen MR) is 80.9 cm³/mol. The first-order chi connectivity index (χ1) is 9.51. The molecule has 1 aliphatic rings. The summed E-state index contributed by atoms with van der Waals surface area (Å²) in [6.07, 6.45) is 2.17. The van der Waals surface area contributed by atoms with Gasteiger partial charge in [-0.15, -0.1) is 0 Å². The van der Waals surface area contributed by atoms with E-state index in [4.69, 9.17) is 10.5 Å². The Hall–Kier alpha value is -1.71. The number of likely N-dealkylation sites (tertiary alicyclic amines) is 1. The third-order valence-electron chi connectivity index (χ3n) is 4.18. The minimum atomic E-state index is 0.0535. The Bertz CT molecular complexity index is 477. The van der Waals surface area contributed by atoms with Crippen molar-refractivity contribution in [2.75, 3.05) is 25.9 Å². The van der Waals surface area contributed by atoms with Gasteiger partial charge in [-0.25, -0.2) is 0 Å². The summed E-state index contributed by atoms with van der Waals surface area (Å²) in [6, 6.07) is 5.20. The average molecular weight is 276 g/mol. The van der Waals surface area contributed by atoms with Crippen LogP contribution in [0.25, 0.3) is 0 Å². The Labute approximate surface area is 120 Å². The van der Waals surface area contributed by atoms with E-state index in [0.717, 1.165) is 31.8 Å². The number of anilines is 1. The third kappa shape index (κ3) is 3.24. The number of rotatable bonds is 3. The smallest absolute Gasteiger partial charge is 0.254 e.